The van der Waals surface area contributed by atoms with Gasteiger partial charge in [-0.1, -0.05) is 13.8 Å². The van der Waals surface area contributed by atoms with Gasteiger partial charge in [0, 0.05) is 32.4 Å². The second kappa shape index (κ2) is 4.45. The summed E-state index contributed by atoms with van der Waals surface area (Å²) < 4.78 is 0. The molecule has 0 unspecified atom stereocenters. The van der Waals surface area contributed by atoms with Crippen LogP contribution >= 0.6 is 0 Å². The van der Waals surface area contributed by atoms with E-state index in [9.17, 15) is 0 Å². The predicted molar refractivity (Wildman–Crippen MR) is 52.4 cm³/mol. The Morgan fingerprint density at radius 1 is 1.17 bits per heavy atom. The quantitative estimate of drug-likeness (QED) is 0.571. The van der Waals surface area contributed by atoms with Crippen molar-refractivity contribution in [3.05, 3.63) is 0 Å². The van der Waals surface area contributed by atoms with Crippen LogP contribution < -0.4 is 0 Å². The molecule has 70 valence electrons. The van der Waals surface area contributed by atoms with Crippen LogP contribution in [-0.4, -0.2) is 49.4 Å². The molecule has 0 radical (unpaired) electrons. The van der Waals surface area contributed by atoms with Crippen LogP contribution in [0.15, 0.2) is 5.10 Å². The smallest absolute Gasteiger partial charge is 0.0488 e. The first-order valence-corrected chi connectivity index (χ1v) is 4.66. The highest BCUT2D eigenvalue weighted by atomic mass is 15.5. The molecule has 0 saturated carbocycles. The van der Waals surface area contributed by atoms with Gasteiger partial charge in [-0.15, -0.1) is 0 Å². The van der Waals surface area contributed by atoms with Crippen molar-refractivity contribution in [2.45, 2.75) is 13.8 Å². The lowest BCUT2D eigenvalue weighted by Crippen LogP contribution is -2.41. The third kappa shape index (κ3) is 3.22. The fraction of sp³-hybridized carbons (Fsp3) is 0.889. The second-order valence-corrected chi connectivity index (χ2v) is 3.77. The summed E-state index contributed by atoms with van der Waals surface area (Å²) in [6, 6.07) is 0. The van der Waals surface area contributed by atoms with Crippen LogP contribution in [0.25, 0.3) is 0 Å². The molecule has 3 heteroatoms. The minimum absolute atomic E-state index is 0.560. The van der Waals surface area contributed by atoms with Crippen LogP contribution in [0, 0.1) is 5.92 Å². The van der Waals surface area contributed by atoms with E-state index >= 15 is 0 Å². The molecule has 12 heavy (non-hydrogen) atoms. The first-order valence-electron chi connectivity index (χ1n) is 4.66. The van der Waals surface area contributed by atoms with Crippen LogP contribution in [-0.2, 0) is 0 Å². The Labute approximate surface area is 75.0 Å². The third-order valence-corrected chi connectivity index (χ3v) is 2.01. The van der Waals surface area contributed by atoms with Gasteiger partial charge in [0.1, 0.15) is 0 Å². The molecule has 0 bridgehead atoms. The lowest BCUT2D eigenvalue weighted by molar-refractivity contribution is 0.159. The summed E-state index contributed by atoms with van der Waals surface area (Å²) in [5, 5.41) is 6.55. The minimum Gasteiger partial charge on any atom is -0.303 e. The Balaban J connectivity index is 2.26. The van der Waals surface area contributed by atoms with Crippen molar-refractivity contribution in [1.82, 2.24) is 9.91 Å². The van der Waals surface area contributed by atoms with Crippen molar-refractivity contribution in [3.8, 4) is 0 Å². The Morgan fingerprint density at radius 3 is 2.25 bits per heavy atom. The molecule has 0 aromatic heterocycles. The number of rotatable bonds is 2. The number of likely N-dealkylation sites (N-methyl/N-ethyl adjacent to an activating group) is 1. The van der Waals surface area contributed by atoms with Gasteiger partial charge in [0.15, 0.2) is 0 Å². The van der Waals surface area contributed by atoms with E-state index in [0.29, 0.717) is 5.92 Å². The SMILES string of the molecule is CC(C)/C=N/N1CCN(C)CC1. The van der Waals surface area contributed by atoms with Gasteiger partial charge in [-0.25, -0.2) is 0 Å². The molecule has 1 saturated heterocycles. The lowest BCUT2D eigenvalue weighted by atomic mass is 10.3. The molecule has 0 amide bonds. The molecule has 1 aliphatic rings. The normalized spacial score (nSPS) is 21.2. The summed E-state index contributed by atoms with van der Waals surface area (Å²) >= 11 is 0. The molecule has 3 nitrogen and oxygen atoms in total. The van der Waals surface area contributed by atoms with Gasteiger partial charge in [0.25, 0.3) is 0 Å². The van der Waals surface area contributed by atoms with Crippen LogP contribution in [0.4, 0.5) is 0 Å². The summed E-state index contributed by atoms with van der Waals surface area (Å²) in [5.41, 5.74) is 0. The number of nitrogens with zero attached hydrogens (tertiary/aromatic N) is 3. The zero-order chi connectivity index (χ0) is 8.97. The average Bonchev–Trinajstić information content (AvgIpc) is 2.03. The fourth-order valence-corrected chi connectivity index (χ4v) is 1.14. The molecule has 0 aromatic rings. The van der Waals surface area contributed by atoms with E-state index in [4.69, 9.17) is 0 Å². The molecular weight excluding hydrogens is 150 g/mol. The zero-order valence-electron chi connectivity index (χ0n) is 8.32. The fourth-order valence-electron chi connectivity index (χ4n) is 1.14. The Morgan fingerprint density at radius 2 is 1.75 bits per heavy atom. The molecule has 0 spiro atoms. The number of hydrogen-bond acceptors (Lipinski definition) is 3. The monoisotopic (exact) mass is 169 g/mol. The molecular formula is C9H19N3. The maximum Gasteiger partial charge on any atom is 0.0488 e. The highest BCUT2D eigenvalue weighted by Gasteiger charge is 2.10. The number of piperazine rings is 1. The summed E-state index contributed by atoms with van der Waals surface area (Å²) in [4.78, 5) is 2.33. The first-order chi connectivity index (χ1) is 5.68. The molecule has 0 aromatic carbocycles. The Kier molecular flexibility index (Phi) is 3.53. The lowest BCUT2D eigenvalue weighted by Gasteiger charge is -2.30. The molecule has 1 rings (SSSR count). The van der Waals surface area contributed by atoms with E-state index in [1.54, 1.807) is 0 Å². The maximum atomic E-state index is 4.40. The summed E-state index contributed by atoms with van der Waals surface area (Å²) in [6.45, 7) is 8.71. The molecule has 0 atom stereocenters. The van der Waals surface area contributed by atoms with Crippen LogP contribution in [0.2, 0.25) is 0 Å². The van der Waals surface area contributed by atoms with Crippen molar-refractivity contribution in [1.29, 1.82) is 0 Å². The first kappa shape index (κ1) is 9.52. The summed E-state index contributed by atoms with van der Waals surface area (Å²) in [6.07, 6.45) is 2.02. The van der Waals surface area contributed by atoms with Crippen molar-refractivity contribution < 1.29 is 0 Å². The standard InChI is InChI=1S/C9H19N3/c1-9(2)8-10-12-6-4-11(3)5-7-12/h8-9H,4-7H2,1-3H3/b10-8+. The molecule has 1 heterocycles. The van der Waals surface area contributed by atoms with Crippen LogP contribution in [0.5, 0.6) is 0 Å². The third-order valence-electron chi connectivity index (χ3n) is 2.01. The van der Waals surface area contributed by atoms with Gasteiger partial charge in [0.2, 0.25) is 0 Å². The van der Waals surface area contributed by atoms with E-state index in [1.807, 2.05) is 6.21 Å². The van der Waals surface area contributed by atoms with Crippen LogP contribution in [0.3, 0.4) is 0 Å². The Hall–Kier alpha value is -0.570. The van der Waals surface area contributed by atoms with Crippen molar-refractivity contribution in [2.24, 2.45) is 11.0 Å². The summed E-state index contributed by atoms with van der Waals surface area (Å²) in [5.74, 6) is 0.560. The molecule has 1 fully saturated rings. The van der Waals surface area contributed by atoms with Crippen molar-refractivity contribution in [3.63, 3.8) is 0 Å². The molecule has 0 N–H and O–H groups in total. The van der Waals surface area contributed by atoms with E-state index in [0.717, 1.165) is 26.2 Å². The highest BCUT2D eigenvalue weighted by Crippen LogP contribution is 1.99. The van der Waals surface area contributed by atoms with Crippen LogP contribution in [0.1, 0.15) is 13.8 Å². The van der Waals surface area contributed by atoms with Gasteiger partial charge in [-0.2, -0.15) is 5.10 Å². The van der Waals surface area contributed by atoms with E-state index in [1.165, 1.54) is 0 Å². The van der Waals surface area contributed by atoms with Gasteiger partial charge in [-0.3, -0.25) is 5.01 Å². The zero-order valence-corrected chi connectivity index (χ0v) is 8.32. The van der Waals surface area contributed by atoms with Gasteiger partial charge in [-0.05, 0) is 13.0 Å². The topological polar surface area (TPSA) is 18.8 Å². The van der Waals surface area contributed by atoms with Gasteiger partial charge >= 0.3 is 0 Å². The largest absolute Gasteiger partial charge is 0.303 e. The minimum atomic E-state index is 0.560. The van der Waals surface area contributed by atoms with Crippen molar-refractivity contribution >= 4 is 6.21 Å². The second-order valence-electron chi connectivity index (χ2n) is 3.77. The summed E-state index contributed by atoms with van der Waals surface area (Å²) in [7, 11) is 2.16. The van der Waals surface area contributed by atoms with Gasteiger partial charge < -0.3 is 4.90 Å². The highest BCUT2D eigenvalue weighted by molar-refractivity contribution is 5.59. The molecule has 1 aliphatic heterocycles. The van der Waals surface area contributed by atoms with Gasteiger partial charge in [0.05, 0.1) is 0 Å². The number of hydrogen-bond donors (Lipinski definition) is 0. The van der Waals surface area contributed by atoms with E-state index in [2.05, 4.69) is 35.9 Å². The molecule has 0 aliphatic carbocycles. The van der Waals surface area contributed by atoms with E-state index in [-0.39, 0.29) is 0 Å². The Bertz CT molecular complexity index is 146. The predicted octanol–water partition coefficient (Wildman–Crippen LogP) is 0.876. The average molecular weight is 169 g/mol. The van der Waals surface area contributed by atoms with E-state index < -0.39 is 0 Å². The maximum absolute atomic E-state index is 4.40. The number of hydrazone groups is 1. The van der Waals surface area contributed by atoms with Crippen molar-refractivity contribution in [2.75, 3.05) is 33.2 Å².